The lowest BCUT2D eigenvalue weighted by molar-refractivity contribution is 0.0794. The van der Waals surface area contributed by atoms with Gasteiger partial charge in [-0.25, -0.2) is 0 Å². The van der Waals surface area contributed by atoms with Gasteiger partial charge in [-0.05, 0) is 63.4 Å². The van der Waals surface area contributed by atoms with Gasteiger partial charge in [-0.3, -0.25) is 9.59 Å². The van der Waals surface area contributed by atoms with Crippen molar-refractivity contribution in [2.24, 2.45) is 0 Å². The van der Waals surface area contributed by atoms with Gasteiger partial charge in [-0.2, -0.15) is 9.90 Å². The molecular formula is C23H24ClN5O2. The summed E-state index contributed by atoms with van der Waals surface area (Å²) < 4.78 is 0. The second-order valence-electron chi connectivity index (χ2n) is 7.86. The number of carbonyl (C=O) groups excluding carboxylic acids is 2. The summed E-state index contributed by atoms with van der Waals surface area (Å²) in [6, 6.07) is 10.8. The van der Waals surface area contributed by atoms with Crippen molar-refractivity contribution in [3.8, 4) is 5.69 Å². The number of nitrogens with one attached hydrogen (secondary N) is 1. The Morgan fingerprint density at radius 2 is 1.74 bits per heavy atom. The van der Waals surface area contributed by atoms with Crippen LogP contribution in [0.15, 0.2) is 36.4 Å². The molecule has 1 aliphatic heterocycles. The maximum atomic E-state index is 13.0. The predicted molar refractivity (Wildman–Crippen MR) is 120 cm³/mol. The Labute approximate surface area is 186 Å². The Kier molecular flexibility index (Phi) is 5.78. The van der Waals surface area contributed by atoms with Crippen LogP contribution in [0.5, 0.6) is 0 Å². The van der Waals surface area contributed by atoms with Crippen molar-refractivity contribution in [2.45, 2.75) is 33.6 Å². The molecule has 1 aromatic heterocycles. The van der Waals surface area contributed by atoms with Crippen LogP contribution in [0.3, 0.4) is 0 Å². The molecule has 3 aromatic rings. The number of aryl methyl sites for hydroxylation is 3. The highest BCUT2D eigenvalue weighted by atomic mass is 35.5. The molecule has 2 aromatic carbocycles. The SMILES string of the molecule is Cc1ccc(-n2nc(C)c(C(=O)Nc3ccc(Cl)cc3C(=O)N3CCCC3)n2)c(C)c1. The number of hydrogen-bond acceptors (Lipinski definition) is 4. The molecule has 0 atom stereocenters. The van der Waals surface area contributed by atoms with E-state index in [1.54, 1.807) is 30.0 Å². The smallest absolute Gasteiger partial charge is 0.278 e. The summed E-state index contributed by atoms with van der Waals surface area (Å²) in [7, 11) is 0. The number of benzene rings is 2. The molecule has 0 unspecified atom stereocenters. The number of anilines is 1. The monoisotopic (exact) mass is 437 g/mol. The molecule has 0 radical (unpaired) electrons. The lowest BCUT2D eigenvalue weighted by Crippen LogP contribution is -2.29. The number of carbonyl (C=O) groups is 2. The van der Waals surface area contributed by atoms with Crippen molar-refractivity contribution in [3.63, 3.8) is 0 Å². The van der Waals surface area contributed by atoms with Crippen LogP contribution in [0.4, 0.5) is 5.69 Å². The number of rotatable bonds is 4. The van der Waals surface area contributed by atoms with Gasteiger partial charge in [-0.15, -0.1) is 5.10 Å². The maximum absolute atomic E-state index is 13.0. The number of hydrogen-bond donors (Lipinski definition) is 1. The molecule has 0 bridgehead atoms. The minimum atomic E-state index is -0.425. The van der Waals surface area contributed by atoms with E-state index in [1.165, 1.54) is 4.80 Å². The van der Waals surface area contributed by atoms with Gasteiger partial charge in [-0.1, -0.05) is 29.3 Å². The van der Waals surface area contributed by atoms with Crippen molar-refractivity contribution in [3.05, 3.63) is 69.5 Å². The first kappa shape index (κ1) is 21.1. The van der Waals surface area contributed by atoms with Crippen LogP contribution in [0.25, 0.3) is 5.69 Å². The van der Waals surface area contributed by atoms with E-state index in [1.807, 2.05) is 32.0 Å². The molecule has 2 amide bonds. The molecule has 0 aliphatic carbocycles. The highest BCUT2D eigenvalue weighted by molar-refractivity contribution is 6.31. The Morgan fingerprint density at radius 3 is 2.45 bits per heavy atom. The number of likely N-dealkylation sites (tertiary alicyclic amines) is 1. The van der Waals surface area contributed by atoms with E-state index in [0.29, 0.717) is 35.1 Å². The van der Waals surface area contributed by atoms with E-state index in [9.17, 15) is 9.59 Å². The molecule has 1 aliphatic rings. The molecule has 1 fully saturated rings. The Hall–Kier alpha value is -3.19. The zero-order valence-electron chi connectivity index (χ0n) is 17.8. The molecule has 2 heterocycles. The first-order valence-electron chi connectivity index (χ1n) is 10.3. The van der Waals surface area contributed by atoms with Crippen molar-refractivity contribution < 1.29 is 9.59 Å². The molecule has 160 valence electrons. The van der Waals surface area contributed by atoms with E-state index in [0.717, 1.165) is 29.7 Å². The fourth-order valence-corrected chi connectivity index (χ4v) is 3.97. The molecular weight excluding hydrogens is 414 g/mol. The van der Waals surface area contributed by atoms with Gasteiger partial charge in [0, 0.05) is 18.1 Å². The summed E-state index contributed by atoms with van der Waals surface area (Å²) in [6.45, 7) is 7.15. The van der Waals surface area contributed by atoms with Gasteiger partial charge in [0.1, 0.15) is 0 Å². The summed E-state index contributed by atoms with van der Waals surface area (Å²) in [5.41, 5.74) is 4.45. The predicted octanol–water partition coefficient (Wildman–Crippen LogP) is 4.33. The van der Waals surface area contributed by atoms with E-state index >= 15 is 0 Å². The fourth-order valence-electron chi connectivity index (χ4n) is 3.80. The number of halogens is 1. The lowest BCUT2D eigenvalue weighted by atomic mass is 10.1. The van der Waals surface area contributed by atoms with E-state index in [-0.39, 0.29) is 11.6 Å². The average molecular weight is 438 g/mol. The van der Waals surface area contributed by atoms with Crippen LogP contribution in [0.1, 0.15) is 50.5 Å². The van der Waals surface area contributed by atoms with Crippen molar-refractivity contribution >= 4 is 29.1 Å². The van der Waals surface area contributed by atoms with Gasteiger partial charge in [0.05, 0.1) is 22.6 Å². The minimum absolute atomic E-state index is 0.133. The Balaban J connectivity index is 1.62. The van der Waals surface area contributed by atoms with Crippen molar-refractivity contribution in [1.29, 1.82) is 0 Å². The highest BCUT2D eigenvalue weighted by Gasteiger charge is 2.24. The number of nitrogens with zero attached hydrogens (tertiary/aromatic N) is 4. The van der Waals surface area contributed by atoms with Gasteiger partial charge >= 0.3 is 0 Å². The third-order valence-corrected chi connectivity index (χ3v) is 5.65. The standard InChI is InChI=1S/C23H24ClN5O2/c1-14-6-9-20(15(2)12-14)29-26-16(3)21(27-29)22(30)25-19-8-7-17(24)13-18(19)23(31)28-10-4-5-11-28/h6-9,12-13H,4-5,10-11H2,1-3H3,(H,25,30). The largest absolute Gasteiger partial charge is 0.339 e. The van der Waals surface area contributed by atoms with Gasteiger partial charge in [0.15, 0.2) is 5.69 Å². The first-order chi connectivity index (χ1) is 14.8. The van der Waals surface area contributed by atoms with Crippen molar-refractivity contribution in [1.82, 2.24) is 19.9 Å². The summed E-state index contributed by atoms with van der Waals surface area (Å²) in [5.74, 6) is -0.558. The zero-order chi connectivity index (χ0) is 22.1. The third-order valence-electron chi connectivity index (χ3n) is 5.42. The second kappa shape index (κ2) is 8.51. The normalized spacial score (nSPS) is 13.5. The average Bonchev–Trinajstić information content (AvgIpc) is 3.39. The van der Waals surface area contributed by atoms with E-state index < -0.39 is 5.91 Å². The molecule has 8 heteroatoms. The second-order valence-corrected chi connectivity index (χ2v) is 8.29. The molecule has 0 saturated carbocycles. The van der Waals surface area contributed by atoms with Crippen LogP contribution in [-0.2, 0) is 0 Å². The Bertz CT molecular complexity index is 1160. The van der Waals surface area contributed by atoms with Crippen molar-refractivity contribution in [2.75, 3.05) is 18.4 Å². The third kappa shape index (κ3) is 4.32. The summed E-state index contributed by atoms with van der Waals surface area (Å²) in [5, 5.41) is 12.1. The fraction of sp³-hybridized carbons (Fsp3) is 0.304. The summed E-state index contributed by atoms with van der Waals surface area (Å²) in [6.07, 6.45) is 1.96. The van der Waals surface area contributed by atoms with Gasteiger partial charge in [0.2, 0.25) is 0 Å². The maximum Gasteiger partial charge on any atom is 0.278 e. The summed E-state index contributed by atoms with van der Waals surface area (Å²) in [4.78, 5) is 29.2. The number of aromatic nitrogens is 3. The molecule has 0 spiro atoms. The molecule has 7 nitrogen and oxygen atoms in total. The van der Waals surface area contributed by atoms with Crippen LogP contribution in [-0.4, -0.2) is 44.8 Å². The minimum Gasteiger partial charge on any atom is -0.339 e. The number of amides is 2. The lowest BCUT2D eigenvalue weighted by Gasteiger charge is -2.18. The van der Waals surface area contributed by atoms with Crippen LogP contribution in [0, 0.1) is 20.8 Å². The quantitative estimate of drug-likeness (QED) is 0.658. The Morgan fingerprint density at radius 1 is 1.00 bits per heavy atom. The topological polar surface area (TPSA) is 80.1 Å². The van der Waals surface area contributed by atoms with Crippen LogP contribution >= 0.6 is 11.6 Å². The molecule has 1 N–H and O–H groups in total. The molecule has 4 rings (SSSR count). The molecule has 1 saturated heterocycles. The van der Waals surface area contributed by atoms with Gasteiger partial charge < -0.3 is 10.2 Å². The first-order valence-corrected chi connectivity index (χ1v) is 10.6. The highest BCUT2D eigenvalue weighted by Crippen LogP contribution is 2.25. The zero-order valence-corrected chi connectivity index (χ0v) is 18.5. The molecule has 31 heavy (non-hydrogen) atoms. The van der Waals surface area contributed by atoms with Crippen LogP contribution in [0.2, 0.25) is 5.02 Å². The van der Waals surface area contributed by atoms with E-state index in [4.69, 9.17) is 11.6 Å². The van der Waals surface area contributed by atoms with Gasteiger partial charge in [0.25, 0.3) is 11.8 Å². The summed E-state index contributed by atoms with van der Waals surface area (Å²) >= 11 is 6.13. The van der Waals surface area contributed by atoms with E-state index in [2.05, 4.69) is 15.5 Å². The van der Waals surface area contributed by atoms with Crippen LogP contribution < -0.4 is 5.32 Å².